The van der Waals surface area contributed by atoms with Crippen LogP contribution in [0.5, 0.6) is 0 Å². The molecule has 0 bridgehead atoms. The number of rotatable bonds is 0. The topological polar surface area (TPSA) is 87.3 Å². The first-order valence-corrected chi connectivity index (χ1v) is 5.69. The second-order valence-corrected chi connectivity index (χ2v) is 4.78. The summed E-state index contributed by atoms with van der Waals surface area (Å²) in [6.45, 7) is 0. The smallest absolute Gasteiger partial charge is 0.323 e. The molecule has 1 unspecified atom stereocenters. The molecule has 3 N–H and O–H groups in total. The maximum atomic E-state index is 13.5. The summed E-state index contributed by atoms with van der Waals surface area (Å²) in [7, 11) is 0. The number of halogens is 2. The lowest BCUT2D eigenvalue weighted by atomic mass is 9.91. The first-order valence-electron chi connectivity index (χ1n) is 4.90. The Hall–Kier alpha value is -1.96. The van der Waals surface area contributed by atoms with Crippen LogP contribution in [-0.2, 0) is 15.1 Å². The van der Waals surface area contributed by atoms with Gasteiger partial charge in [-0.15, -0.1) is 0 Å². The zero-order valence-corrected chi connectivity index (χ0v) is 10.2. The van der Waals surface area contributed by atoms with Crippen LogP contribution in [0.4, 0.5) is 14.9 Å². The maximum Gasteiger partial charge on any atom is 0.323 e. The number of fused-ring (bicyclic) bond motifs is 2. The summed E-state index contributed by atoms with van der Waals surface area (Å²) >= 11 is 2.98. The summed E-state index contributed by atoms with van der Waals surface area (Å²) < 4.78 is 13.7. The van der Waals surface area contributed by atoms with Gasteiger partial charge in [0, 0.05) is 11.3 Å². The molecule has 1 spiro atoms. The average molecular weight is 314 g/mol. The SMILES string of the molecule is O=C1NC(=O)C2(N1)C(=O)Nc1cc(Br)c(F)cc12. The van der Waals surface area contributed by atoms with E-state index in [1.807, 2.05) is 5.32 Å². The summed E-state index contributed by atoms with van der Waals surface area (Å²) in [6, 6.07) is 1.60. The lowest BCUT2D eigenvalue weighted by molar-refractivity contribution is -0.132. The van der Waals surface area contributed by atoms with Crippen LogP contribution in [0.15, 0.2) is 16.6 Å². The van der Waals surface area contributed by atoms with E-state index in [1.54, 1.807) is 0 Å². The molecule has 2 aliphatic heterocycles. The van der Waals surface area contributed by atoms with E-state index in [2.05, 4.69) is 26.6 Å². The molecule has 0 saturated carbocycles. The Morgan fingerprint density at radius 3 is 2.39 bits per heavy atom. The van der Waals surface area contributed by atoms with E-state index in [9.17, 15) is 18.8 Å². The molecule has 1 fully saturated rings. The first kappa shape index (κ1) is 11.1. The largest absolute Gasteiger partial charge is 0.323 e. The van der Waals surface area contributed by atoms with Gasteiger partial charge in [0.05, 0.1) is 4.47 Å². The summed E-state index contributed by atoms with van der Waals surface area (Å²) in [6.07, 6.45) is 0. The van der Waals surface area contributed by atoms with E-state index in [0.29, 0.717) is 0 Å². The number of hydrogen-bond acceptors (Lipinski definition) is 3. The molecule has 1 aromatic carbocycles. The zero-order chi connectivity index (χ0) is 13.1. The molecule has 0 aromatic heterocycles. The highest BCUT2D eigenvalue weighted by molar-refractivity contribution is 9.10. The van der Waals surface area contributed by atoms with Crippen molar-refractivity contribution in [1.82, 2.24) is 10.6 Å². The number of benzene rings is 1. The fourth-order valence-electron chi connectivity index (χ4n) is 2.10. The van der Waals surface area contributed by atoms with Crippen molar-refractivity contribution >= 4 is 39.5 Å². The Balaban J connectivity index is 2.27. The van der Waals surface area contributed by atoms with E-state index < -0.39 is 29.2 Å². The molecule has 2 aliphatic rings. The monoisotopic (exact) mass is 313 g/mol. The highest BCUT2D eigenvalue weighted by Crippen LogP contribution is 2.40. The third-order valence-electron chi connectivity index (χ3n) is 2.92. The lowest BCUT2D eigenvalue weighted by Gasteiger charge is -2.17. The minimum atomic E-state index is -1.87. The van der Waals surface area contributed by atoms with E-state index in [0.717, 1.165) is 6.07 Å². The lowest BCUT2D eigenvalue weighted by Crippen LogP contribution is -2.49. The molecule has 2 heterocycles. The van der Waals surface area contributed by atoms with Gasteiger partial charge in [-0.1, -0.05) is 0 Å². The van der Waals surface area contributed by atoms with Crippen molar-refractivity contribution in [1.29, 1.82) is 0 Å². The predicted molar refractivity (Wildman–Crippen MR) is 61.1 cm³/mol. The fourth-order valence-corrected chi connectivity index (χ4v) is 2.45. The number of amides is 4. The van der Waals surface area contributed by atoms with Crippen LogP contribution in [0.2, 0.25) is 0 Å². The fraction of sp³-hybridized carbons (Fsp3) is 0.100. The van der Waals surface area contributed by atoms with Gasteiger partial charge in [-0.3, -0.25) is 14.9 Å². The number of urea groups is 1. The van der Waals surface area contributed by atoms with Gasteiger partial charge >= 0.3 is 6.03 Å². The van der Waals surface area contributed by atoms with E-state index >= 15 is 0 Å². The van der Waals surface area contributed by atoms with Gasteiger partial charge in [-0.2, -0.15) is 0 Å². The molecule has 6 nitrogen and oxygen atoms in total. The van der Waals surface area contributed by atoms with Gasteiger partial charge in [0.25, 0.3) is 11.8 Å². The van der Waals surface area contributed by atoms with Crippen LogP contribution >= 0.6 is 15.9 Å². The van der Waals surface area contributed by atoms with Crippen molar-refractivity contribution < 1.29 is 18.8 Å². The zero-order valence-electron chi connectivity index (χ0n) is 8.64. The minimum Gasteiger partial charge on any atom is -0.323 e. The number of imide groups is 1. The summed E-state index contributed by atoms with van der Waals surface area (Å²) in [4.78, 5) is 34.9. The second-order valence-electron chi connectivity index (χ2n) is 3.92. The van der Waals surface area contributed by atoms with E-state index in [-0.39, 0.29) is 15.7 Å². The van der Waals surface area contributed by atoms with Crippen molar-refractivity contribution in [2.24, 2.45) is 0 Å². The Morgan fingerprint density at radius 2 is 1.78 bits per heavy atom. The molecule has 92 valence electrons. The van der Waals surface area contributed by atoms with Gasteiger partial charge in [-0.05, 0) is 28.1 Å². The standard InChI is InChI=1S/C10H5BrFN3O3/c11-4-2-6-3(1-5(4)12)10(7(16)13-6)8(17)14-9(18)15-10/h1-2H,(H,13,16)(H2,14,15,17,18). The number of anilines is 1. The predicted octanol–water partition coefficient (Wildman–Crippen LogP) is 0.575. The van der Waals surface area contributed by atoms with Gasteiger partial charge < -0.3 is 10.6 Å². The van der Waals surface area contributed by atoms with Crippen LogP contribution in [0.3, 0.4) is 0 Å². The number of nitrogens with one attached hydrogen (secondary N) is 3. The van der Waals surface area contributed by atoms with Gasteiger partial charge in [0.15, 0.2) is 0 Å². The Bertz CT molecular complexity index is 633. The number of carbonyl (C=O) groups excluding carboxylic acids is 3. The van der Waals surface area contributed by atoms with Crippen molar-refractivity contribution in [3.8, 4) is 0 Å². The van der Waals surface area contributed by atoms with E-state index in [4.69, 9.17) is 0 Å². The van der Waals surface area contributed by atoms with Crippen LogP contribution < -0.4 is 16.0 Å². The summed E-state index contributed by atoms with van der Waals surface area (Å²) in [5.41, 5.74) is -1.49. The maximum absolute atomic E-state index is 13.5. The molecule has 8 heteroatoms. The third-order valence-corrected chi connectivity index (χ3v) is 3.53. The molecular weight excluding hydrogens is 309 g/mol. The van der Waals surface area contributed by atoms with Gasteiger partial charge in [-0.25, -0.2) is 9.18 Å². The second kappa shape index (κ2) is 3.29. The molecule has 3 rings (SSSR count). The Kier molecular flexibility index (Phi) is 2.03. The molecular formula is C10H5BrFN3O3. The van der Waals surface area contributed by atoms with Crippen molar-refractivity contribution in [3.63, 3.8) is 0 Å². The average Bonchev–Trinajstić information content (AvgIpc) is 2.71. The van der Waals surface area contributed by atoms with Crippen LogP contribution in [0.25, 0.3) is 0 Å². The molecule has 18 heavy (non-hydrogen) atoms. The molecule has 1 aromatic rings. The van der Waals surface area contributed by atoms with E-state index in [1.165, 1.54) is 6.07 Å². The third kappa shape index (κ3) is 1.18. The van der Waals surface area contributed by atoms with Crippen LogP contribution in [0.1, 0.15) is 5.56 Å². The molecule has 0 aliphatic carbocycles. The van der Waals surface area contributed by atoms with Crippen LogP contribution in [0, 0.1) is 5.82 Å². The highest BCUT2D eigenvalue weighted by atomic mass is 79.9. The van der Waals surface area contributed by atoms with Crippen molar-refractivity contribution in [2.75, 3.05) is 5.32 Å². The number of carbonyl (C=O) groups is 3. The molecule has 0 radical (unpaired) electrons. The normalized spacial score (nSPS) is 24.9. The molecule has 1 atom stereocenters. The molecule has 1 saturated heterocycles. The van der Waals surface area contributed by atoms with Crippen molar-refractivity contribution in [2.45, 2.75) is 5.54 Å². The number of hydrogen-bond donors (Lipinski definition) is 3. The molecule has 4 amide bonds. The summed E-state index contributed by atoms with van der Waals surface area (Å²) in [5, 5.41) is 6.65. The van der Waals surface area contributed by atoms with Gasteiger partial charge in [0.1, 0.15) is 5.82 Å². The highest BCUT2D eigenvalue weighted by Gasteiger charge is 2.58. The summed E-state index contributed by atoms with van der Waals surface area (Å²) in [5.74, 6) is -2.15. The Morgan fingerprint density at radius 1 is 1.11 bits per heavy atom. The quantitative estimate of drug-likeness (QED) is 0.483. The first-order chi connectivity index (χ1) is 8.45. The minimum absolute atomic E-state index is 0.0940. The van der Waals surface area contributed by atoms with Crippen LogP contribution in [-0.4, -0.2) is 17.8 Å². The van der Waals surface area contributed by atoms with Crippen molar-refractivity contribution in [3.05, 3.63) is 28.0 Å². The van der Waals surface area contributed by atoms with Gasteiger partial charge in [0.2, 0.25) is 5.54 Å². The Labute approximate surface area is 108 Å².